The summed E-state index contributed by atoms with van der Waals surface area (Å²) in [7, 11) is -3.65. The van der Waals surface area contributed by atoms with Crippen LogP contribution in [0.5, 0.6) is 0 Å². The van der Waals surface area contributed by atoms with Gasteiger partial charge in [-0.3, -0.25) is 0 Å². The maximum absolute atomic E-state index is 13.1. The fourth-order valence-corrected chi connectivity index (χ4v) is 5.69. The predicted octanol–water partition coefficient (Wildman–Crippen LogP) is 3.66. The molecule has 2 amide bonds. The SMILES string of the molecule is C[C@@H](NC(=O)N1CC2=C(C1)CN(S(=O)(=O)c1ccc3occc3c1)C2)c1ccc(F)cc1. The third kappa shape index (κ3) is 3.67. The fraction of sp³-hybridized carbons (Fsp3) is 0.261. The lowest BCUT2D eigenvalue weighted by Crippen LogP contribution is -2.42. The standard InChI is InChI=1S/C23H22FN3O4S/c1-15(16-2-4-20(24)5-3-16)25-23(28)26-11-18-13-27(14-19(18)12-26)32(29,30)21-6-7-22-17(10-21)8-9-31-22/h2-10,15H,11-14H2,1H3,(H,25,28)/t15-/m1/s1. The highest BCUT2D eigenvalue weighted by molar-refractivity contribution is 7.89. The molecule has 7 nitrogen and oxygen atoms in total. The van der Waals surface area contributed by atoms with Gasteiger partial charge in [0.15, 0.2) is 0 Å². The molecule has 9 heteroatoms. The van der Waals surface area contributed by atoms with Gasteiger partial charge >= 0.3 is 6.03 Å². The van der Waals surface area contributed by atoms with Gasteiger partial charge in [-0.05, 0) is 60.0 Å². The topological polar surface area (TPSA) is 82.9 Å². The van der Waals surface area contributed by atoms with Crippen molar-refractivity contribution in [3.8, 4) is 0 Å². The van der Waals surface area contributed by atoms with E-state index in [1.165, 1.54) is 22.7 Å². The van der Waals surface area contributed by atoms with Gasteiger partial charge in [-0.2, -0.15) is 4.31 Å². The lowest BCUT2D eigenvalue weighted by molar-refractivity contribution is 0.205. The van der Waals surface area contributed by atoms with Crippen molar-refractivity contribution in [3.63, 3.8) is 0 Å². The van der Waals surface area contributed by atoms with E-state index in [1.807, 2.05) is 6.92 Å². The Balaban J connectivity index is 1.22. The molecular weight excluding hydrogens is 433 g/mol. The molecule has 0 unspecified atom stereocenters. The maximum atomic E-state index is 13.1. The summed E-state index contributed by atoms with van der Waals surface area (Å²) in [5.41, 5.74) is 3.37. The largest absolute Gasteiger partial charge is 0.464 e. The summed E-state index contributed by atoms with van der Waals surface area (Å²) >= 11 is 0. The Morgan fingerprint density at radius 1 is 1.03 bits per heavy atom. The highest BCUT2D eigenvalue weighted by atomic mass is 32.2. The van der Waals surface area contributed by atoms with E-state index >= 15 is 0 Å². The first-order chi connectivity index (χ1) is 15.3. The third-order valence-corrected chi connectivity index (χ3v) is 7.84. The second-order valence-electron chi connectivity index (χ2n) is 8.18. The molecular formula is C23H22FN3O4S. The smallest absolute Gasteiger partial charge is 0.318 e. The van der Waals surface area contributed by atoms with Crippen molar-refractivity contribution < 1.29 is 22.0 Å². The number of amides is 2. The molecule has 1 atom stereocenters. The molecule has 32 heavy (non-hydrogen) atoms. The molecule has 0 bridgehead atoms. The number of hydrogen-bond acceptors (Lipinski definition) is 4. The van der Waals surface area contributed by atoms with Gasteiger partial charge in [-0.15, -0.1) is 0 Å². The van der Waals surface area contributed by atoms with Crippen molar-refractivity contribution in [2.75, 3.05) is 26.2 Å². The Morgan fingerprint density at radius 2 is 1.72 bits per heavy atom. The van der Waals surface area contributed by atoms with Gasteiger partial charge in [0.1, 0.15) is 11.4 Å². The van der Waals surface area contributed by atoms with Gasteiger partial charge < -0.3 is 14.6 Å². The Bertz CT molecular complexity index is 1310. The molecule has 0 spiro atoms. The molecule has 3 heterocycles. The van der Waals surface area contributed by atoms with Crippen LogP contribution in [0, 0.1) is 5.82 Å². The number of hydrogen-bond donors (Lipinski definition) is 1. The third-order valence-electron chi connectivity index (χ3n) is 6.06. The van der Waals surface area contributed by atoms with Crippen LogP contribution in [-0.4, -0.2) is 49.8 Å². The van der Waals surface area contributed by atoms with E-state index in [-0.39, 0.29) is 35.9 Å². The van der Waals surface area contributed by atoms with Gasteiger partial charge in [-0.1, -0.05) is 12.1 Å². The van der Waals surface area contributed by atoms with Gasteiger partial charge in [0, 0.05) is 31.6 Å². The minimum absolute atomic E-state index is 0.226. The van der Waals surface area contributed by atoms with E-state index in [1.54, 1.807) is 41.3 Å². The quantitative estimate of drug-likeness (QED) is 0.609. The van der Waals surface area contributed by atoms with Crippen molar-refractivity contribution >= 4 is 27.0 Å². The monoisotopic (exact) mass is 455 g/mol. The first kappa shape index (κ1) is 20.7. The van der Waals surface area contributed by atoms with E-state index in [0.717, 1.165) is 22.1 Å². The minimum Gasteiger partial charge on any atom is -0.464 e. The number of sulfonamides is 1. The maximum Gasteiger partial charge on any atom is 0.318 e. The van der Waals surface area contributed by atoms with Gasteiger partial charge in [0.2, 0.25) is 10.0 Å². The molecule has 0 saturated heterocycles. The molecule has 1 N–H and O–H groups in total. The predicted molar refractivity (Wildman–Crippen MR) is 117 cm³/mol. The lowest BCUT2D eigenvalue weighted by Gasteiger charge is -2.24. The van der Waals surface area contributed by atoms with Gasteiger partial charge in [0.25, 0.3) is 0 Å². The molecule has 166 valence electrons. The van der Waals surface area contributed by atoms with Crippen LogP contribution in [0.1, 0.15) is 18.5 Å². The van der Waals surface area contributed by atoms with Crippen LogP contribution in [0.25, 0.3) is 11.0 Å². The van der Waals surface area contributed by atoms with Crippen molar-refractivity contribution in [2.24, 2.45) is 0 Å². The van der Waals surface area contributed by atoms with Crippen molar-refractivity contribution in [1.29, 1.82) is 0 Å². The van der Waals surface area contributed by atoms with E-state index in [4.69, 9.17) is 4.42 Å². The Labute approximate surface area is 185 Å². The number of urea groups is 1. The summed E-state index contributed by atoms with van der Waals surface area (Å²) in [6.45, 7) is 3.18. The van der Waals surface area contributed by atoms with E-state index in [0.29, 0.717) is 18.7 Å². The second-order valence-corrected chi connectivity index (χ2v) is 10.1. The minimum atomic E-state index is -3.65. The highest BCUT2D eigenvalue weighted by Crippen LogP contribution is 2.31. The van der Waals surface area contributed by atoms with E-state index in [2.05, 4.69) is 5.32 Å². The Morgan fingerprint density at radius 3 is 2.41 bits per heavy atom. The number of nitrogens with zero attached hydrogens (tertiary/aromatic N) is 2. The molecule has 2 aliphatic rings. The average molecular weight is 456 g/mol. The summed E-state index contributed by atoms with van der Waals surface area (Å²) in [6, 6.07) is 12.1. The normalized spacial score (nSPS) is 17.8. The van der Waals surface area contributed by atoms with Crippen LogP contribution in [-0.2, 0) is 10.0 Å². The van der Waals surface area contributed by atoms with Crippen LogP contribution in [0.3, 0.4) is 0 Å². The van der Waals surface area contributed by atoms with Crippen molar-refractivity contribution in [2.45, 2.75) is 17.9 Å². The number of carbonyl (C=O) groups is 1. The summed E-state index contributed by atoms with van der Waals surface area (Å²) in [5, 5.41) is 3.67. The number of nitrogens with one attached hydrogen (secondary N) is 1. The van der Waals surface area contributed by atoms with Gasteiger partial charge in [-0.25, -0.2) is 17.6 Å². The summed E-state index contributed by atoms with van der Waals surface area (Å²) in [6.07, 6.45) is 1.53. The first-order valence-electron chi connectivity index (χ1n) is 10.3. The van der Waals surface area contributed by atoms with E-state index < -0.39 is 10.0 Å². The first-order valence-corrected chi connectivity index (χ1v) is 11.7. The zero-order valence-electron chi connectivity index (χ0n) is 17.4. The summed E-state index contributed by atoms with van der Waals surface area (Å²) in [4.78, 5) is 14.6. The zero-order valence-corrected chi connectivity index (χ0v) is 18.2. The molecule has 3 aromatic rings. The van der Waals surface area contributed by atoms with Crippen LogP contribution < -0.4 is 5.32 Å². The highest BCUT2D eigenvalue weighted by Gasteiger charge is 2.37. The number of carbonyl (C=O) groups excluding carboxylic acids is 1. The summed E-state index contributed by atoms with van der Waals surface area (Å²) in [5.74, 6) is -0.323. The van der Waals surface area contributed by atoms with Crippen molar-refractivity contribution in [1.82, 2.24) is 14.5 Å². The summed E-state index contributed by atoms with van der Waals surface area (Å²) < 4.78 is 46.1. The van der Waals surface area contributed by atoms with E-state index in [9.17, 15) is 17.6 Å². The van der Waals surface area contributed by atoms with Crippen LogP contribution >= 0.6 is 0 Å². The molecule has 0 saturated carbocycles. The Hall–Kier alpha value is -3.17. The van der Waals surface area contributed by atoms with Crippen LogP contribution in [0.15, 0.2) is 75.3 Å². The molecule has 2 aromatic carbocycles. The molecule has 0 radical (unpaired) electrons. The zero-order chi connectivity index (χ0) is 22.5. The average Bonchev–Trinajstić information content (AvgIpc) is 3.48. The molecule has 2 aliphatic heterocycles. The molecule has 0 fully saturated rings. The molecule has 1 aromatic heterocycles. The number of fused-ring (bicyclic) bond motifs is 1. The molecule has 0 aliphatic carbocycles. The van der Waals surface area contributed by atoms with Crippen LogP contribution in [0.4, 0.5) is 9.18 Å². The van der Waals surface area contributed by atoms with Crippen LogP contribution in [0.2, 0.25) is 0 Å². The lowest BCUT2D eigenvalue weighted by atomic mass is 10.1. The second kappa shape index (κ2) is 7.75. The van der Waals surface area contributed by atoms with Crippen molar-refractivity contribution in [3.05, 3.63) is 77.3 Å². The molecule has 5 rings (SSSR count). The van der Waals surface area contributed by atoms with Gasteiger partial charge in [0.05, 0.1) is 17.2 Å². The fourth-order valence-electron chi connectivity index (χ4n) is 4.22. The Kier molecular flexibility index (Phi) is 5.02. The number of halogens is 1. The number of benzene rings is 2. The number of furan rings is 1. The number of rotatable bonds is 4.